The summed E-state index contributed by atoms with van der Waals surface area (Å²) in [5.74, 6) is -0.249. The zero-order valence-electron chi connectivity index (χ0n) is 20.4. The Hall–Kier alpha value is -2.51. The van der Waals surface area contributed by atoms with Crippen molar-refractivity contribution in [1.29, 1.82) is 0 Å². The highest BCUT2D eigenvalue weighted by Gasteiger charge is 2.22. The number of hydrogen-bond donors (Lipinski definition) is 1. The molecule has 1 amide bonds. The average Bonchev–Trinajstić information content (AvgIpc) is 2.77. The van der Waals surface area contributed by atoms with E-state index in [0.717, 1.165) is 26.1 Å². The minimum Gasteiger partial charge on any atom is -0.352 e. The summed E-state index contributed by atoms with van der Waals surface area (Å²) >= 11 is 6.14. The lowest BCUT2D eigenvalue weighted by atomic mass is 9.90. The quantitative estimate of drug-likeness (QED) is 0.537. The number of nitrogens with one attached hydrogen (secondary N) is 1. The summed E-state index contributed by atoms with van der Waals surface area (Å²) in [5, 5.41) is 3.34. The molecule has 34 heavy (non-hydrogen) atoms. The molecule has 0 atom stereocenters. The van der Waals surface area contributed by atoms with Crippen molar-refractivity contribution >= 4 is 23.3 Å². The van der Waals surface area contributed by atoms with Gasteiger partial charge in [-0.2, -0.15) is 0 Å². The van der Waals surface area contributed by atoms with Crippen molar-refractivity contribution in [3.05, 3.63) is 51.4 Å². The molecule has 0 saturated carbocycles. The summed E-state index contributed by atoms with van der Waals surface area (Å²) < 4.78 is 1.29. The Bertz CT molecular complexity index is 1070. The fourth-order valence-corrected chi connectivity index (χ4v) is 4.45. The van der Waals surface area contributed by atoms with Gasteiger partial charge in [0.1, 0.15) is 11.4 Å². The molecule has 184 valence electrons. The van der Waals surface area contributed by atoms with Crippen molar-refractivity contribution in [2.75, 3.05) is 26.2 Å². The molecule has 7 nitrogen and oxygen atoms in total. The lowest BCUT2D eigenvalue weighted by Crippen LogP contribution is -2.37. The Morgan fingerprint density at radius 3 is 2.56 bits per heavy atom. The molecular formula is C26H35ClN4O3. The van der Waals surface area contributed by atoms with Crippen LogP contribution in [0.25, 0.3) is 11.4 Å². The van der Waals surface area contributed by atoms with Gasteiger partial charge in [-0.25, -0.2) is 4.98 Å². The second-order valence-electron chi connectivity index (χ2n) is 10.2. The van der Waals surface area contributed by atoms with Gasteiger partial charge >= 0.3 is 0 Å². The molecule has 1 aromatic carbocycles. The number of nitrogens with zero attached hydrogens (tertiary/aromatic N) is 3. The number of carbonyl (C=O) groups excluding carboxylic acids is 2. The second kappa shape index (κ2) is 11.8. The minimum absolute atomic E-state index is 0.0627. The van der Waals surface area contributed by atoms with Crippen molar-refractivity contribution in [1.82, 2.24) is 19.8 Å². The SMILES string of the molecule is CC(C)(C)CC(=O)Cn1c(-c2cccc(Cl)c2)ncc(C(=O)NCCCN2CCCCC2)c1=O. The summed E-state index contributed by atoms with van der Waals surface area (Å²) in [4.78, 5) is 45.7. The predicted octanol–water partition coefficient (Wildman–Crippen LogP) is 4.17. The van der Waals surface area contributed by atoms with E-state index in [9.17, 15) is 14.4 Å². The molecule has 3 rings (SSSR count). The standard InChI is InChI=1S/C26H35ClN4O3/c1-26(2,3)16-21(32)18-31-23(19-9-7-10-20(27)15-19)29-17-22(25(31)34)24(33)28-11-8-14-30-12-5-4-6-13-30/h7,9-10,15,17H,4-6,8,11-14,16,18H2,1-3H3,(H,28,33). The van der Waals surface area contributed by atoms with Gasteiger partial charge < -0.3 is 10.2 Å². The molecule has 1 fully saturated rings. The molecule has 2 aromatic rings. The molecule has 0 radical (unpaired) electrons. The Morgan fingerprint density at radius 1 is 1.15 bits per heavy atom. The maximum atomic E-state index is 13.3. The van der Waals surface area contributed by atoms with Crippen LogP contribution < -0.4 is 10.9 Å². The first-order chi connectivity index (χ1) is 16.1. The van der Waals surface area contributed by atoms with Gasteiger partial charge in [-0.05, 0) is 56.4 Å². The smallest absolute Gasteiger partial charge is 0.267 e. The van der Waals surface area contributed by atoms with Crippen LogP contribution in [-0.2, 0) is 11.3 Å². The van der Waals surface area contributed by atoms with Gasteiger partial charge in [0.25, 0.3) is 11.5 Å². The predicted molar refractivity (Wildman–Crippen MR) is 135 cm³/mol. The molecule has 1 N–H and O–H groups in total. The van der Waals surface area contributed by atoms with Crippen LogP contribution in [0.15, 0.2) is 35.3 Å². The number of halogens is 1. The summed E-state index contributed by atoms with van der Waals surface area (Å²) in [5.41, 5.74) is -0.192. The van der Waals surface area contributed by atoms with Gasteiger partial charge in [0, 0.05) is 29.7 Å². The number of benzene rings is 1. The van der Waals surface area contributed by atoms with Crippen LogP contribution in [0.2, 0.25) is 5.02 Å². The highest BCUT2D eigenvalue weighted by atomic mass is 35.5. The fraction of sp³-hybridized carbons (Fsp3) is 0.538. The normalized spacial score (nSPS) is 14.7. The molecule has 0 spiro atoms. The van der Waals surface area contributed by atoms with E-state index in [-0.39, 0.29) is 23.3 Å². The maximum Gasteiger partial charge on any atom is 0.267 e. The first kappa shape index (κ1) is 26.1. The largest absolute Gasteiger partial charge is 0.352 e. The molecule has 1 aromatic heterocycles. The molecule has 0 bridgehead atoms. The number of rotatable bonds is 9. The highest BCUT2D eigenvalue weighted by molar-refractivity contribution is 6.30. The number of carbonyl (C=O) groups is 2. The van der Waals surface area contributed by atoms with E-state index in [1.54, 1.807) is 24.3 Å². The number of hydrogen-bond acceptors (Lipinski definition) is 5. The molecule has 1 aliphatic heterocycles. The van der Waals surface area contributed by atoms with Crippen LogP contribution in [-0.4, -0.2) is 52.3 Å². The third kappa shape index (κ3) is 7.50. The van der Waals surface area contributed by atoms with Gasteiger partial charge in [-0.15, -0.1) is 0 Å². The Morgan fingerprint density at radius 2 is 1.88 bits per heavy atom. The lowest BCUT2D eigenvalue weighted by Gasteiger charge is -2.26. The maximum absolute atomic E-state index is 13.3. The first-order valence-corrected chi connectivity index (χ1v) is 12.4. The summed E-state index contributed by atoms with van der Waals surface area (Å²) in [7, 11) is 0. The summed E-state index contributed by atoms with van der Waals surface area (Å²) in [6.45, 7) is 9.38. The van der Waals surface area contributed by atoms with Crippen molar-refractivity contribution < 1.29 is 9.59 Å². The molecule has 0 aliphatic carbocycles. The molecule has 0 unspecified atom stereocenters. The van der Waals surface area contributed by atoms with Crippen molar-refractivity contribution in [2.24, 2.45) is 5.41 Å². The molecular weight excluding hydrogens is 452 g/mol. The Labute approximate surface area is 206 Å². The number of Topliss-reactive ketones (excluding diaryl/α,β-unsaturated/α-hetero) is 1. The van der Waals surface area contributed by atoms with Crippen LogP contribution in [0.1, 0.15) is 63.2 Å². The van der Waals surface area contributed by atoms with Gasteiger partial charge in [-0.3, -0.25) is 19.0 Å². The van der Waals surface area contributed by atoms with E-state index in [4.69, 9.17) is 11.6 Å². The van der Waals surface area contributed by atoms with Crippen LogP contribution in [0.4, 0.5) is 0 Å². The van der Waals surface area contributed by atoms with Crippen LogP contribution >= 0.6 is 11.6 Å². The summed E-state index contributed by atoms with van der Waals surface area (Å²) in [6, 6.07) is 6.95. The topological polar surface area (TPSA) is 84.3 Å². The van der Waals surface area contributed by atoms with Crippen molar-refractivity contribution in [2.45, 2.75) is 59.4 Å². The van der Waals surface area contributed by atoms with Gasteiger partial charge in [-0.1, -0.05) is 50.9 Å². The third-order valence-electron chi connectivity index (χ3n) is 5.82. The Kier molecular flexibility index (Phi) is 9.03. The van der Waals surface area contributed by atoms with Crippen LogP contribution in [0.5, 0.6) is 0 Å². The number of likely N-dealkylation sites (tertiary alicyclic amines) is 1. The number of amides is 1. The molecule has 8 heteroatoms. The lowest BCUT2D eigenvalue weighted by molar-refractivity contribution is -0.121. The van der Waals surface area contributed by atoms with Crippen LogP contribution in [0, 0.1) is 5.41 Å². The molecule has 1 aliphatic rings. The number of piperidine rings is 1. The number of aromatic nitrogens is 2. The zero-order valence-corrected chi connectivity index (χ0v) is 21.2. The zero-order chi connectivity index (χ0) is 24.7. The van der Waals surface area contributed by atoms with Gasteiger partial charge in [0.15, 0.2) is 5.78 Å². The third-order valence-corrected chi connectivity index (χ3v) is 6.06. The average molecular weight is 487 g/mol. The van der Waals surface area contributed by atoms with Gasteiger partial charge in [0.05, 0.1) is 6.54 Å². The first-order valence-electron chi connectivity index (χ1n) is 12.0. The Balaban J connectivity index is 1.79. The van der Waals surface area contributed by atoms with E-state index in [1.807, 2.05) is 20.8 Å². The van der Waals surface area contributed by atoms with E-state index in [1.165, 1.54) is 30.0 Å². The van der Waals surface area contributed by atoms with Crippen molar-refractivity contribution in [3.8, 4) is 11.4 Å². The van der Waals surface area contributed by atoms with E-state index < -0.39 is 11.5 Å². The highest BCUT2D eigenvalue weighted by Crippen LogP contribution is 2.22. The van der Waals surface area contributed by atoms with E-state index in [2.05, 4.69) is 15.2 Å². The monoisotopic (exact) mass is 486 g/mol. The van der Waals surface area contributed by atoms with E-state index in [0.29, 0.717) is 29.4 Å². The van der Waals surface area contributed by atoms with E-state index >= 15 is 0 Å². The van der Waals surface area contributed by atoms with Crippen molar-refractivity contribution in [3.63, 3.8) is 0 Å². The number of ketones is 1. The molecule has 1 saturated heterocycles. The minimum atomic E-state index is -0.527. The van der Waals surface area contributed by atoms with Crippen LogP contribution in [0.3, 0.4) is 0 Å². The summed E-state index contributed by atoms with van der Waals surface area (Å²) in [6.07, 6.45) is 6.16. The van der Waals surface area contributed by atoms with Gasteiger partial charge in [0.2, 0.25) is 0 Å². The fourth-order valence-electron chi connectivity index (χ4n) is 4.26. The second-order valence-corrected chi connectivity index (χ2v) is 10.6. The molecule has 2 heterocycles.